The number of hydrogen-bond donors (Lipinski definition) is 3. The van der Waals surface area contributed by atoms with Crippen LogP contribution in [0.4, 0.5) is 16.2 Å². The highest BCUT2D eigenvalue weighted by molar-refractivity contribution is 5.95. The predicted octanol–water partition coefficient (Wildman–Crippen LogP) is 1.15. The van der Waals surface area contributed by atoms with Crippen molar-refractivity contribution in [3.8, 4) is 0 Å². The summed E-state index contributed by atoms with van der Waals surface area (Å²) < 4.78 is 0. The smallest absolute Gasteiger partial charge is 0.321 e. The fourth-order valence-electron chi connectivity index (χ4n) is 2.36. The van der Waals surface area contributed by atoms with Gasteiger partial charge in [-0.25, -0.2) is 4.79 Å². The van der Waals surface area contributed by atoms with Gasteiger partial charge in [0.25, 0.3) is 0 Å². The van der Waals surface area contributed by atoms with Gasteiger partial charge in [0, 0.05) is 24.5 Å². The third kappa shape index (κ3) is 3.72. The van der Waals surface area contributed by atoms with E-state index < -0.39 is 0 Å². The first-order chi connectivity index (χ1) is 10.2. The molecule has 1 heterocycles. The zero-order chi connectivity index (χ0) is 14.7. The van der Waals surface area contributed by atoms with E-state index in [-0.39, 0.29) is 11.9 Å². The van der Waals surface area contributed by atoms with E-state index in [1.54, 1.807) is 4.90 Å². The molecule has 3 N–H and O–H groups in total. The minimum Gasteiger partial charge on any atom is -0.336 e. The molecule has 21 heavy (non-hydrogen) atoms. The standard InChI is InChI=1S/C15H20N4O2/c20-14(10-16-9-11-1-2-11)18-12-3-5-13(6-4-12)19-8-7-17-15(19)21/h3-6,11,16H,1-2,7-10H2,(H,17,21)(H,18,20). The number of carbonyl (C=O) groups is 2. The molecule has 1 saturated carbocycles. The van der Waals surface area contributed by atoms with Gasteiger partial charge in [-0.15, -0.1) is 0 Å². The van der Waals surface area contributed by atoms with Crippen LogP contribution in [0.3, 0.4) is 0 Å². The summed E-state index contributed by atoms with van der Waals surface area (Å²) in [6.45, 7) is 2.61. The number of rotatable bonds is 6. The van der Waals surface area contributed by atoms with Crippen molar-refractivity contribution in [1.82, 2.24) is 10.6 Å². The van der Waals surface area contributed by atoms with Crippen LogP contribution in [-0.2, 0) is 4.79 Å². The molecule has 1 aliphatic heterocycles. The Labute approximate surface area is 123 Å². The molecule has 0 radical (unpaired) electrons. The molecule has 0 atom stereocenters. The summed E-state index contributed by atoms with van der Waals surface area (Å²) in [5.74, 6) is 0.728. The molecule has 1 aliphatic carbocycles. The molecule has 2 fully saturated rings. The van der Waals surface area contributed by atoms with Gasteiger partial charge < -0.3 is 16.0 Å². The topological polar surface area (TPSA) is 73.5 Å². The third-order valence-electron chi connectivity index (χ3n) is 3.74. The molecule has 0 bridgehead atoms. The fraction of sp³-hybridized carbons (Fsp3) is 0.467. The van der Waals surface area contributed by atoms with Crippen molar-refractivity contribution in [3.05, 3.63) is 24.3 Å². The molecule has 2 aliphatic rings. The zero-order valence-corrected chi connectivity index (χ0v) is 11.9. The summed E-state index contributed by atoms with van der Waals surface area (Å²) >= 11 is 0. The van der Waals surface area contributed by atoms with Crippen molar-refractivity contribution < 1.29 is 9.59 Å². The van der Waals surface area contributed by atoms with Gasteiger partial charge in [0.2, 0.25) is 5.91 Å². The number of nitrogens with one attached hydrogen (secondary N) is 3. The molecule has 6 nitrogen and oxygen atoms in total. The second-order valence-electron chi connectivity index (χ2n) is 5.55. The molecule has 1 aromatic rings. The first-order valence-corrected chi connectivity index (χ1v) is 7.38. The molecule has 1 saturated heterocycles. The SMILES string of the molecule is O=C(CNCC1CC1)Nc1ccc(N2CCNC2=O)cc1. The van der Waals surface area contributed by atoms with Crippen LogP contribution in [0.1, 0.15) is 12.8 Å². The second-order valence-corrected chi connectivity index (χ2v) is 5.55. The highest BCUT2D eigenvalue weighted by Gasteiger charge is 2.21. The number of urea groups is 1. The van der Waals surface area contributed by atoms with Gasteiger partial charge in [-0.05, 0) is 49.6 Å². The summed E-state index contributed by atoms with van der Waals surface area (Å²) in [6, 6.07) is 7.26. The Kier molecular flexibility index (Phi) is 4.06. The summed E-state index contributed by atoms with van der Waals surface area (Å²) in [7, 11) is 0. The van der Waals surface area contributed by atoms with E-state index in [4.69, 9.17) is 0 Å². The summed E-state index contributed by atoms with van der Waals surface area (Å²) in [5.41, 5.74) is 1.59. The van der Waals surface area contributed by atoms with Crippen LogP contribution >= 0.6 is 0 Å². The van der Waals surface area contributed by atoms with Crippen LogP contribution < -0.4 is 20.9 Å². The van der Waals surface area contributed by atoms with Crippen molar-refractivity contribution in [2.75, 3.05) is 36.4 Å². The van der Waals surface area contributed by atoms with Crippen molar-refractivity contribution in [1.29, 1.82) is 0 Å². The molecule has 6 heteroatoms. The summed E-state index contributed by atoms with van der Waals surface area (Å²) in [5, 5.41) is 8.76. The molecular formula is C15H20N4O2. The molecule has 112 valence electrons. The first kappa shape index (κ1) is 13.9. The molecule has 0 spiro atoms. The van der Waals surface area contributed by atoms with E-state index in [9.17, 15) is 9.59 Å². The van der Waals surface area contributed by atoms with Crippen LogP contribution in [0, 0.1) is 5.92 Å². The van der Waals surface area contributed by atoms with Crippen LogP contribution in [0.2, 0.25) is 0 Å². The largest absolute Gasteiger partial charge is 0.336 e. The van der Waals surface area contributed by atoms with Crippen molar-refractivity contribution in [2.45, 2.75) is 12.8 Å². The van der Waals surface area contributed by atoms with Gasteiger partial charge in [-0.1, -0.05) is 0 Å². The number of benzene rings is 1. The maximum Gasteiger partial charge on any atom is 0.321 e. The molecule has 3 amide bonds. The Morgan fingerprint density at radius 3 is 2.67 bits per heavy atom. The highest BCUT2D eigenvalue weighted by atomic mass is 16.2. The molecule has 0 aromatic heterocycles. The Morgan fingerprint density at radius 1 is 1.29 bits per heavy atom. The third-order valence-corrected chi connectivity index (χ3v) is 3.74. The van der Waals surface area contributed by atoms with Crippen molar-refractivity contribution in [3.63, 3.8) is 0 Å². The molecular weight excluding hydrogens is 268 g/mol. The maximum atomic E-state index is 11.8. The van der Waals surface area contributed by atoms with Gasteiger partial charge in [0.15, 0.2) is 0 Å². The lowest BCUT2D eigenvalue weighted by molar-refractivity contribution is -0.115. The van der Waals surface area contributed by atoms with Gasteiger partial charge in [0.1, 0.15) is 0 Å². The Bertz CT molecular complexity index is 525. The average Bonchev–Trinajstić information content (AvgIpc) is 3.20. The van der Waals surface area contributed by atoms with E-state index in [2.05, 4.69) is 16.0 Å². The summed E-state index contributed by atoms with van der Waals surface area (Å²) in [4.78, 5) is 25.0. The molecule has 0 unspecified atom stereocenters. The monoisotopic (exact) mass is 288 g/mol. The average molecular weight is 288 g/mol. The number of anilines is 2. The lowest BCUT2D eigenvalue weighted by atomic mass is 10.2. The summed E-state index contributed by atoms with van der Waals surface area (Å²) in [6.07, 6.45) is 2.56. The van der Waals surface area contributed by atoms with Crippen LogP contribution in [0.25, 0.3) is 0 Å². The predicted molar refractivity (Wildman–Crippen MR) is 81.4 cm³/mol. The van der Waals surface area contributed by atoms with Crippen LogP contribution in [0.15, 0.2) is 24.3 Å². The Hall–Kier alpha value is -2.08. The zero-order valence-electron chi connectivity index (χ0n) is 11.9. The number of nitrogens with zero attached hydrogens (tertiary/aromatic N) is 1. The Morgan fingerprint density at radius 2 is 2.05 bits per heavy atom. The lowest BCUT2D eigenvalue weighted by Gasteiger charge is -2.14. The maximum absolute atomic E-state index is 11.8. The van der Waals surface area contributed by atoms with Crippen LogP contribution in [-0.4, -0.2) is 38.1 Å². The lowest BCUT2D eigenvalue weighted by Crippen LogP contribution is -2.29. The number of amides is 3. The van der Waals surface area contributed by atoms with E-state index in [0.29, 0.717) is 19.6 Å². The van der Waals surface area contributed by atoms with E-state index in [0.717, 1.165) is 23.8 Å². The van der Waals surface area contributed by atoms with E-state index in [1.165, 1.54) is 12.8 Å². The number of carbonyl (C=O) groups excluding carboxylic acids is 2. The fourth-order valence-corrected chi connectivity index (χ4v) is 2.36. The van der Waals surface area contributed by atoms with Gasteiger partial charge >= 0.3 is 6.03 Å². The van der Waals surface area contributed by atoms with Gasteiger partial charge in [0.05, 0.1) is 6.54 Å². The minimum absolute atomic E-state index is 0.0395. The van der Waals surface area contributed by atoms with E-state index >= 15 is 0 Å². The first-order valence-electron chi connectivity index (χ1n) is 7.38. The van der Waals surface area contributed by atoms with Crippen molar-refractivity contribution in [2.24, 2.45) is 5.92 Å². The number of hydrogen-bond acceptors (Lipinski definition) is 3. The molecule has 3 rings (SSSR count). The van der Waals surface area contributed by atoms with Gasteiger partial charge in [-0.2, -0.15) is 0 Å². The second kappa shape index (κ2) is 6.13. The quantitative estimate of drug-likeness (QED) is 0.735. The normalized spacial score (nSPS) is 17.7. The Balaban J connectivity index is 1.49. The van der Waals surface area contributed by atoms with E-state index in [1.807, 2.05) is 24.3 Å². The highest BCUT2D eigenvalue weighted by Crippen LogP contribution is 2.27. The minimum atomic E-state index is -0.0731. The van der Waals surface area contributed by atoms with Crippen molar-refractivity contribution >= 4 is 23.3 Å². The van der Waals surface area contributed by atoms with Crippen LogP contribution in [0.5, 0.6) is 0 Å². The molecule has 1 aromatic carbocycles. The van der Waals surface area contributed by atoms with Gasteiger partial charge in [-0.3, -0.25) is 9.69 Å².